The van der Waals surface area contributed by atoms with Gasteiger partial charge in [-0.05, 0) is 6.42 Å². The molecule has 0 saturated heterocycles. The van der Waals surface area contributed by atoms with Crippen LogP contribution in [-0.2, 0) is 14.4 Å². The summed E-state index contributed by atoms with van der Waals surface area (Å²) in [4.78, 5) is 35.5. The van der Waals surface area contributed by atoms with Gasteiger partial charge in [0.2, 0.25) is 5.91 Å². The molecular weight excluding hydrogens is 410 g/mol. The van der Waals surface area contributed by atoms with Crippen LogP contribution in [0, 0.1) is 5.92 Å². The molecule has 0 heterocycles. The largest absolute Gasteiger partial charge is 0.481 e. The van der Waals surface area contributed by atoms with Gasteiger partial charge in [0.05, 0.1) is 6.61 Å². The summed E-state index contributed by atoms with van der Waals surface area (Å²) in [5, 5.41) is 29.5. The molecule has 0 rings (SSSR count). The van der Waals surface area contributed by atoms with Gasteiger partial charge in [0, 0.05) is 91.7 Å². The first-order chi connectivity index (χ1) is 13.4. The summed E-state index contributed by atoms with van der Waals surface area (Å²) in [5.41, 5.74) is 0. The fourth-order valence-electron chi connectivity index (χ4n) is 2.97. The monoisotopic (exact) mass is 448 g/mol. The zero-order valence-electron chi connectivity index (χ0n) is 19.2. The third-order valence-electron chi connectivity index (χ3n) is 4.72. The normalized spacial score (nSPS) is 10.2. The minimum atomic E-state index is -1.51. The second-order valence-corrected chi connectivity index (χ2v) is 7.12. The van der Waals surface area contributed by atoms with Crippen molar-refractivity contribution in [2.75, 3.05) is 32.8 Å². The molecule has 0 saturated carbocycles. The summed E-state index contributed by atoms with van der Waals surface area (Å²) < 4.78 is 0. The molecule has 10 heteroatoms. The molecule has 4 N–H and O–H groups in total. The van der Waals surface area contributed by atoms with Crippen LogP contribution in [0.15, 0.2) is 0 Å². The molecule has 0 aromatic rings. The predicted molar refractivity (Wildman–Crippen MR) is 119 cm³/mol. The van der Waals surface area contributed by atoms with Gasteiger partial charge in [0.15, 0.2) is 5.92 Å². The van der Waals surface area contributed by atoms with Crippen molar-refractivity contribution in [2.45, 2.75) is 71.1 Å². The molecule has 2 radical (unpaired) electrons. The number of rotatable bonds is 19. The number of unbranched alkanes of at least 4 members (excludes halogenated alkanes) is 8. The number of nitrogens with one attached hydrogen (secondary N) is 1. The minimum absolute atomic E-state index is 0. The third-order valence-corrected chi connectivity index (χ3v) is 4.72. The fraction of sp³-hybridized carbons (Fsp3) is 0.850. The summed E-state index contributed by atoms with van der Waals surface area (Å²) in [6, 6.07) is 0. The Bertz CT molecular complexity index is 441. The number of carbonyl (C=O) groups is 3. The zero-order chi connectivity index (χ0) is 21.2. The average molecular weight is 449 g/mol. The van der Waals surface area contributed by atoms with Gasteiger partial charge >= 0.3 is 11.9 Å². The van der Waals surface area contributed by atoms with Crippen LogP contribution in [0.4, 0.5) is 0 Å². The maximum Gasteiger partial charge on any atom is 0.319 e. The van der Waals surface area contributed by atoms with Crippen molar-refractivity contribution in [1.82, 2.24) is 10.2 Å². The first-order valence-corrected chi connectivity index (χ1v) is 10.5. The van der Waals surface area contributed by atoms with Crippen molar-refractivity contribution < 1.29 is 29.7 Å². The van der Waals surface area contributed by atoms with Crippen molar-refractivity contribution in [3.63, 3.8) is 0 Å². The summed E-state index contributed by atoms with van der Waals surface area (Å²) in [7, 11) is 0. The second-order valence-electron chi connectivity index (χ2n) is 7.12. The molecule has 0 aromatic heterocycles. The van der Waals surface area contributed by atoms with Crippen molar-refractivity contribution in [3.8, 4) is 0 Å². The van der Waals surface area contributed by atoms with Crippen molar-refractivity contribution in [1.29, 1.82) is 0 Å². The first kappa shape index (κ1) is 34.9. The molecule has 166 valence electrons. The Morgan fingerprint density at radius 3 is 1.80 bits per heavy atom. The van der Waals surface area contributed by atoms with Gasteiger partial charge in [-0.2, -0.15) is 0 Å². The molecule has 0 aliphatic carbocycles. The van der Waals surface area contributed by atoms with Crippen LogP contribution in [0.1, 0.15) is 71.1 Å². The number of carbonyl (C=O) groups excluding carboxylic acids is 1. The Morgan fingerprint density at radius 2 is 1.33 bits per heavy atom. The molecule has 1 amide bonds. The molecule has 0 spiro atoms. The van der Waals surface area contributed by atoms with Gasteiger partial charge in [-0.15, -0.1) is 0 Å². The molecule has 8 nitrogen and oxygen atoms in total. The zero-order valence-corrected chi connectivity index (χ0v) is 23.2. The summed E-state index contributed by atoms with van der Waals surface area (Å²) in [5.74, 6) is -4.34. The van der Waals surface area contributed by atoms with E-state index in [2.05, 4.69) is 12.2 Å². The van der Waals surface area contributed by atoms with Gasteiger partial charge in [-0.25, -0.2) is 0 Å². The van der Waals surface area contributed by atoms with E-state index in [0.29, 0.717) is 13.0 Å². The standard InChI is InChI=1S/C20H38N2O6.2Na/c1-2-3-4-5-6-7-8-9-10-11-18(24)22(14-15-23)13-12-21-16-17(19(25)26)20(27)28;;/h17,21,23H,2-16H2,1H3,(H,25,26)(H,27,28);;. The number of amides is 1. The van der Waals surface area contributed by atoms with E-state index in [9.17, 15) is 14.4 Å². The van der Waals surface area contributed by atoms with E-state index in [1.807, 2.05) is 0 Å². The fourth-order valence-corrected chi connectivity index (χ4v) is 2.97. The van der Waals surface area contributed by atoms with Gasteiger partial charge < -0.3 is 25.5 Å². The van der Waals surface area contributed by atoms with Crippen LogP contribution in [-0.4, -0.2) is 130 Å². The number of hydrogen-bond acceptors (Lipinski definition) is 5. The molecular formula is C20H38N2Na2O6. The van der Waals surface area contributed by atoms with Gasteiger partial charge in [0.1, 0.15) is 0 Å². The van der Waals surface area contributed by atoms with Gasteiger partial charge in [-0.1, -0.05) is 58.3 Å². The Labute approximate surface area is 225 Å². The van der Waals surface area contributed by atoms with Crippen LogP contribution >= 0.6 is 0 Å². The first-order valence-electron chi connectivity index (χ1n) is 10.5. The number of aliphatic hydroxyl groups excluding tert-OH is 1. The van der Waals surface area contributed by atoms with E-state index in [4.69, 9.17) is 15.3 Å². The molecule has 0 fully saturated rings. The number of carboxylic acids is 2. The average Bonchev–Trinajstić information content (AvgIpc) is 2.64. The van der Waals surface area contributed by atoms with E-state index >= 15 is 0 Å². The topological polar surface area (TPSA) is 127 Å². The predicted octanol–water partition coefficient (Wildman–Crippen LogP) is 1.34. The Morgan fingerprint density at radius 1 is 0.833 bits per heavy atom. The smallest absolute Gasteiger partial charge is 0.319 e. The Kier molecular flexibility index (Phi) is 27.9. The van der Waals surface area contributed by atoms with E-state index in [-0.39, 0.29) is 91.3 Å². The quantitative estimate of drug-likeness (QED) is 0.133. The van der Waals surface area contributed by atoms with Crippen molar-refractivity contribution in [2.24, 2.45) is 5.92 Å². The SMILES string of the molecule is CCCCCCCCCCCC(=O)N(CCO)CCNCC(C(=O)O)C(=O)O.[Na].[Na]. The number of aliphatic carboxylic acids is 2. The van der Waals surface area contributed by atoms with Crippen LogP contribution < -0.4 is 5.32 Å². The van der Waals surface area contributed by atoms with Gasteiger partial charge in [-0.3, -0.25) is 14.4 Å². The maximum atomic E-state index is 12.3. The van der Waals surface area contributed by atoms with Gasteiger partial charge in [0.25, 0.3) is 0 Å². The number of nitrogens with zero attached hydrogens (tertiary/aromatic N) is 1. The summed E-state index contributed by atoms with van der Waals surface area (Å²) in [6.07, 6.45) is 11.0. The molecule has 30 heavy (non-hydrogen) atoms. The maximum absolute atomic E-state index is 12.3. The van der Waals surface area contributed by atoms with Crippen LogP contribution in [0.25, 0.3) is 0 Å². The van der Waals surface area contributed by atoms with Crippen molar-refractivity contribution >= 4 is 77.0 Å². The molecule has 0 aromatic carbocycles. The molecule has 0 atom stereocenters. The van der Waals surface area contributed by atoms with E-state index in [1.54, 1.807) is 0 Å². The molecule has 0 bridgehead atoms. The number of carboxylic acid groups (broad SMARTS) is 2. The number of hydrogen-bond donors (Lipinski definition) is 4. The summed E-state index contributed by atoms with van der Waals surface area (Å²) >= 11 is 0. The Hall–Kier alpha value is 0.330. The summed E-state index contributed by atoms with van der Waals surface area (Å²) in [6.45, 7) is 2.67. The minimum Gasteiger partial charge on any atom is -0.481 e. The van der Waals surface area contributed by atoms with Crippen LogP contribution in [0.2, 0.25) is 0 Å². The molecule has 0 unspecified atom stereocenters. The Balaban J connectivity index is -0.00000364. The van der Waals surface area contributed by atoms with Crippen LogP contribution in [0.5, 0.6) is 0 Å². The second kappa shape index (κ2) is 24.0. The van der Waals surface area contributed by atoms with E-state index < -0.39 is 17.9 Å². The molecule has 0 aliphatic heterocycles. The molecule has 0 aliphatic rings. The third kappa shape index (κ3) is 19.0. The van der Waals surface area contributed by atoms with Crippen molar-refractivity contribution in [3.05, 3.63) is 0 Å². The van der Waals surface area contributed by atoms with E-state index in [1.165, 1.54) is 43.4 Å². The number of aliphatic hydroxyl groups is 1. The van der Waals surface area contributed by atoms with E-state index in [0.717, 1.165) is 19.3 Å². The van der Waals surface area contributed by atoms with Crippen LogP contribution in [0.3, 0.4) is 0 Å².